The number of aromatic hydroxyl groups is 1. The topological polar surface area (TPSA) is 55.8 Å². The molecule has 2 aromatic carbocycles. The van der Waals surface area contributed by atoms with E-state index in [1.54, 1.807) is 0 Å². The van der Waals surface area contributed by atoms with E-state index >= 15 is 0 Å². The Bertz CT molecular complexity index is 886. The van der Waals surface area contributed by atoms with Crippen molar-refractivity contribution in [3.05, 3.63) is 34.9 Å². The van der Waals surface area contributed by atoms with E-state index < -0.39 is 6.16 Å². The number of hydrogen-bond acceptors (Lipinski definition) is 4. The van der Waals surface area contributed by atoms with Crippen LogP contribution in [-0.2, 0) is 16.6 Å². The van der Waals surface area contributed by atoms with Crippen LogP contribution in [0.2, 0.25) is 0 Å². The van der Waals surface area contributed by atoms with Gasteiger partial charge in [-0.05, 0) is 49.0 Å². The fourth-order valence-electron chi connectivity index (χ4n) is 4.99. The number of carbonyl (C=O) groups excluding carboxylic acids is 1. The molecule has 4 heteroatoms. The molecule has 2 aliphatic rings. The van der Waals surface area contributed by atoms with Crippen molar-refractivity contribution < 1.29 is 19.4 Å². The number of aryl methyl sites for hydroxylation is 1. The average molecular weight is 354 g/mol. The van der Waals surface area contributed by atoms with E-state index in [2.05, 4.69) is 13.8 Å². The Labute approximate surface area is 154 Å². The fourth-order valence-corrected chi connectivity index (χ4v) is 4.99. The number of hydrogen-bond donors (Lipinski definition) is 1. The molecule has 2 atom stereocenters. The lowest BCUT2D eigenvalue weighted by atomic mass is 9.78. The lowest BCUT2D eigenvalue weighted by Crippen LogP contribution is -2.18. The minimum atomic E-state index is -0.653. The van der Waals surface area contributed by atoms with Crippen molar-refractivity contribution in [2.75, 3.05) is 6.61 Å². The molecular weight excluding hydrogens is 328 g/mol. The molecule has 1 N–H and O–H groups in total. The summed E-state index contributed by atoms with van der Waals surface area (Å²) in [5.74, 6) is 1.31. The SMILES string of the molecule is CCCOC(=O)Oc1c2c(c(O)c3cccc(CC)c13)C1(C)CCC2C1. The molecule has 1 fully saturated rings. The zero-order valence-corrected chi connectivity index (χ0v) is 15.7. The first-order chi connectivity index (χ1) is 12.5. The third-order valence-electron chi connectivity index (χ3n) is 6.13. The number of ether oxygens (including phenoxy) is 2. The van der Waals surface area contributed by atoms with Gasteiger partial charge in [0.25, 0.3) is 0 Å². The number of benzene rings is 2. The Morgan fingerprint density at radius 2 is 2.15 bits per heavy atom. The second kappa shape index (κ2) is 6.19. The van der Waals surface area contributed by atoms with Gasteiger partial charge >= 0.3 is 6.16 Å². The molecule has 26 heavy (non-hydrogen) atoms. The van der Waals surface area contributed by atoms with Crippen LogP contribution in [0.15, 0.2) is 18.2 Å². The van der Waals surface area contributed by atoms with Crippen molar-refractivity contribution in [3.63, 3.8) is 0 Å². The summed E-state index contributed by atoms with van der Waals surface area (Å²) in [5, 5.41) is 12.7. The van der Waals surface area contributed by atoms with Crippen LogP contribution < -0.4 is 4.74 Å². The highest BCUT2D eigenvalue weighted by molar-refractivity contribution is 6.00. The second-order valence-electron chi connectivity index (χ2n) is 7.86. The van der Waals surface area contributed by atoms with Crippen LogP contribution in [0.5, 0.6) is 11.5 Å². The highest BCUT2D eigenvalue weighted by atomic mass is 16.7. The molecule has 0 saturated heterocycles. The minimum absolute atomic E-state index is 0.0358. The summed E-state index contributed by atoms with van der Waals surface area (Å²) in [7, 11) is 0. The second-order valence-corrected chi connectivity index (χ2v) is 7.86. The third-order valence-corrected chi connectivity index (χ3v) is 6.13. The quantitative estimate of drug-likeness (QED) is 0.576. The first kappa shape index (κ1) is 17.2. The summed E-state index contributed by atoms with van der Waals surface area (Å²) in [6.45, 7) is 6.59. The van der Waals surface area contributed by atoms with Crippen molar-refractivity contribution in [1.82, 2.24) is 0 Å². The van der Waals surface area contributed by atoms with Crippen molar-refractivity contribution in [1.29, 1.82) is 0 Å². The monoisotopic (exact) mass is 354 g/mol. The molecule has 0 amide bonds. The standard InChI is InChI=1S/C22H26O4/c1-4-11-25-21(24)26-20-16-13(5-2)7-6-8-15(16)19(23)18-17(20)14-9-10-22(18,3)12-14/h6-8,14,23H,4-5,9-12H2,1-3H3. The fraction of sp³-hybridized carbons (Fsp3) is 0.500. The zero-order chi connectivity index (χ0) is 18.5. The molecule has 0 aromatic heterocycles. The lowest BCUT2D eigenvalue weighted by molar-refractivity contribution is 0.0991. The maximum atomic E-state index is 12.3. The molecule has 0 heterocycles. The van der Waals surface area contributed by atoms with Gasteiger partial charge in [0.05, 0.1) is 6.61 Å². The molecule has 138 valence electrons. The van der Waals surface area contributed by atoms with Crippen molar-refractivity contribution in [3.8, 4) is 11.5 Å². The smallest absolute Gasteiger partial charge is 0.507 e. The Morgan fingerprint density at radius 3 is 2.88 bits per heavy atom. The highest BCUT2D eigenvalue weighted by Gasteiger charge is 2.50. The Morgan fingerprint density at radius 1 is 1.35 bits per heavy atom. The molecule has 2 aromatic rings. The van der Waals surface area contributed by atoms with E-state index in [-0.39, 0.29) is 5.41 Å². The number of phenolic OH excluding ortho intramolecular Hbond substituents is 1. The van der Waals surface area contributed by atoms with Crippen LogP contribution in [0.4, 0.5) is 4.79 Å². The van der Waals surface area contributed by atoms with E-state index in [0.717, 1.165) is 59.6 Å². The van der Waals surface area contributed by atoms with Crippen LogP contribution in [-0.4, -0.2) is 17.9 Å². The molecule has 2 unspecified atom stereocenters. The molecule has 2 bridgehead atoms. The first-order valence-electron chi connectivity index (χ1n) is 9.65. The molecule has 2 aliphatic carbocycles. The van der Waals surface area contributed by atoms with Crippen molar-refractivity contribution in [2.45, 2.75) is 64.2 Å². The summed E-state index contributed by atoms with van der Waals surface area (Å²) in [6, 6.07) is 5.92. The molecule has 0 radical (unpaired) electrons. The molecule has 1 saturated carbocycles. The maximum absolute atomic E-state index is 12.3. The Kier molecular flexibility index (Phi) is 4.09. The molecule has 0 spiro atoms. The summed E-state index contributed by atoms with van der Waals surface area (Å²) >= 11 is 0. The van der Waals surface area contributed by atoms with E-state index in [9.17, 15) is 9.90 Å². The predicted octanol–water partition coefficient (Wildman–Crippen LogP) is 5.57. The van der Waals surface area contributed by atoms with Crippen LogP contribution >= 0.6 is 0 Å². The number of carbonyl (C=O) groups is 1. The summed E-state index contributed by atoms with van der Waals surface area (Å²) in [4.78, 5) is 12.3. The first-order valence-corrected chi connectivity index (χ1v) is 9.65. The van der Waals surface area contributed by atoms with Crippen molar-refractivity contribution >= 4 is 16.9 Å². The molecule has 4 rings (SSSR count). The van der Waals surface area contributed by atoms with Gasteiger partial charge < -0.3 is 14.6 Å². The van der Waals surface area contributed by atoms with Crippen LogP contribution in [0.3, 0.4) is 0 Å². The van der Waals surface area contributed by atoms with Gasteiger partial charge in [0, 0.05) is 21.9 Å². The van der Waals surface area contributed by atoms with Gasteiger partial charge in [-0.15, -0.1) is 0 Å². The summed E-state index contributed by atoms with van der Waals surface area (Å²) < 4.78 is 11.0. The van der Waals surface area contributed by atoms with Crippen LogP contribution in [0, 0.1) is 0 Å². The van der Waals surface area contributed by atoms with E-state index in [1.165, 1.54) is 0 Å². The number of rotatable bonds is 4. The highest BCUT2D eigenvalue weighted by Crippen LogP contribution is 2.63. The molecular formula is C22H26O4. The van der Waals surface area contributed by atoms with Gasteiger partial charge in [0.1, 0.15) is 11.5 Å². The van der Waals surface area contributed by atoms with Crippen LogP contribution in [0.25, 0.3) is 10.8 Å². The minimum Gasteiger partial charge on any atom is -0.507 e. The zero-order valence-electron chi connectivity index (χ0n) is 15.7. The van der Waals surface area contributed by atoms with E-state index in [0.29, 0.717) is 24.0 Å². The van der Waals surface area contributed by atoms with E-state index in [4.69, 9.17) is 9.47 Å². The van der Waals surface area contributed by atoms with Gasteiger partial charge in [-0.25, -0.2) is 4.79 Å². The van der Waals surface area contributed by atoms with Crippen molar-refractivity contribution in [2.24, 2.45) is 0 Å². The Hall–Kier alpha value is -2.23. The summed E-state index contributed by atoms with van der Waals surface area (Å²) in [5.41, 5.74) is 3.05. The third kappa shape index (κ3) is 2.38. The number of fused-ring (bicyclic) bond motifs is 6. The van der Waals surface area contributed by atoms with Gasteiger partial charge in [-0.2, -0.15) is 0 Å². The Balaban J connectivity index is 1.97. The van der Waals surface area contributed by atoms with Gasteiger partial charge in [0.2, 0.25) is 0 Å². The molecule has 0 aliphatic heterocycles. The lowest BCUT2D eigenvalue weighted by Gasteiger charge is -2.28. The molecule has 4 nitrogen and oxygen atoms in total. The van der Waals surface area contributed by atoms with E-state index in [1.807, 2.05) is 25.1 Å². The normalized spacial score (nSPS) is 23.3. The summed E-state index contributed by atoms with van der Waals surface area (Å²) in [6.07, 6.45) is 4.05. The van der Waals surface area contributed by atoms with Crippen LogP contribution in [0.1, 0.15) is 69.1 Å². The maximum Gasteiger partial charge on any atom is 0.513 e. The average Bonchev–Trinajstić information content (AvgIpc) is 3.16. The van der Waals surface area contributed by atoms with Gasteiger partial charge in [-0.3, -0.25) is 0 Å². The van der Waals surface area contributed by atoms with Gasteiger partial charge in [0.15, 0.2) is 0 Å². The largest absolute Gasteiger partial charge is 0.513 e. The number of phenols is 1. The van der Waals surface area contributed by atoms with Gasteiger partial charge in [-0.1, -0.05) is 39.0 Å². The predicted molar refractivity (Wildman–Crippen MR) is 101 cm³/mol.